The monoisotopic (exact) mass is 298 g/mol. The normalized spacial score (nSPS) is 19.0. The first-order valence-electron chi connectivity index (χ1n) is 6.68. The van der Waals surface area contributed by atoms with Gasteiger partial charge in [-0.1, -0.05) is 12.1 Å². The maximum absolute atomic E-state index is 11.9. The molecule has 1 aromatic carbocycles. The maximum Gasteiger partial charge on any atom is 0.310 e. The van der Waals surface area contributed by atoms with E-state index in [0.717, 1.165) is 37.2 Å². The molecule has 2 rings (SSSR count). The molecule has 1 atom stereocenters. The predicted molar refractivity (Wildman–Crippen MR) is 73.3 cm³/mol. The van der Waals surface area contributed by atoms with Crippen molar-refractivity contribution in [3.63, 3.8) is 0 Å². The van der Waals surface area contributed by atoms with E-state index in [9.17, 15) is 4.79 Å². The van der Waals surface area contributed by atoms with Gasteiger partial charge in [-0.05, 0) is 44.1 Å². The molecular formula is C15H21ClNO3-. The Hall–Kier alpha value is -1.26. The van der Waals surface area contributed by atoms with Gasteiger partial charge in [0.15, 0.2) is 0 Å². The summed E-state index contributed by atoms with van der Waals surface area (Å²) in [6.07, 6.45) is 2.43. The predicted octanol–water partition coefficient (Wildman–Crippen LogP) is -1.12. The molecule has 112 valence electrons. The fourth-order valence-electron chi connectivity index (χ4n) is 2.35. The molecule has 1 saturated heterocycles. The van der Waals surface area contributed by atoms with Gasteiger partial charge < -0.3 is 26.8 Å². The van der Waals surface area contributed by atoms with Crippen molar-refractivity contribution in [3.05, 3.63) is 29.8 Å². The van der Waals surface area contributed by atoms with Crippen LogP contribution in [0.3, 0.4) is 0 Å². The zero-order chi connectivity index (χ0) is 13.7. The van der Waals surface area contributed by atoms with Gasteiger partial charge in [0.25, 0.3) is 0 Å². The average molecular weight is 299 g/mol. The zero-order valence-electron chi connectivity index (χ0n) is 12.0. The van der Waals surface area contributed by atoms with Gasteiger partial charge in [-0.15, -0.1) is 0 Å². The lowest BCUT2D eigenvalue weighted by Gasteiger charge is -2.29. The van der Waals surface area contributed by atoms with Crippen LogP contribution in [-0.4, -0.2) is 44.2 Å². The van der Waals surface area contributed by atoms with E-state index in [1.54, 1.807) is 7.11 Å². The molecule has 1 aromatic rings. The molecule has 1 heterocycles. The number of hydrogen-bond donors (Lipinski definition) is 0. The third-order valence-corrected chi connectivity index (χ3v) is 3.39. The first-order chi connectivity index (χ1) is 9.17. The Kier molecular flexibility index (Phi) is 6.82. The number of methoxy groups -OCH3 is 1. The summed E-state index contributed by atoms with van der Waals surface area (Å²) >= 11 is 0. The molecule has 1 aliphatic heterocycles. The quantitative estimate of drug-likeness (QED) is 0.660. The number of hydrogen-bond acceptors (Lipinski definition) is 4. The van der Waals surface area contributed by atoms with E-state index in [2.05, 4.69) is 11.9 Å². The van der Waals surface area contributed by atoms with Crippen molar-refractivity contribution in [2.45, 2.75) is 25.4 Å². The van der Waals surface area contributed by atoms with Gasteiger partial charge in [0.1, 0.15) is 11.9 Å². The molecule has 0 saturated carbocycles. The Morgan fingerprint density at radius 3 is 2.65 bits per heavy atom. The van der Waals surface area contributed by atoms with Gasteiger partial charge in [-0.3, -0.25) is 4.79 Å². The largest absolute Gasteiger partial charge is 1.00 e. The first-order valence-corrected chi connectivity index (χ1v) is 6.68. The summed E-state index contributed by atoms with van der Waals surface area (Å²) in [5, 5.41) is 0. The summed E-state index contributed by atoms with van der Waals surface area (Å²) in [6, 6.07) is 7.51. The molecule has 1 unspecified atom stereocenters. The third-order valence-electron chi connectivity index (χ3n) is 3.39. The molecule has 1 aliphatic rings. The number of esters is 1. The minimum Gasteiger partial charge on any atom is -1.00 e. The second kappa shape index (κ2) is 8.12. The summed E-state index contributed by atoms with van der Waals surface area (Å²) in [4.78, 5) is 14.1. The SMILES string of the molecule is COc1ccc(CC(=O)OC2CCCN(C)C2)cc1.[Cl-]. The van der Waals surface area contributed by atoms with E-state index >= 15 is 0 Å². The number of nitrogens with zero attached hydrogens (tertiary/aromatic N) is 1. The van der Waals surface area contributed by atoms with Crippen LogP contribution in [0.15, 0.2) is 24.3 Å². The molecule has 20 heavy (non-hydrogen) atoms. The van der Waals surface area contributed by atoms with E-state index in [1.807, 2.05) is 24.3 Å². The van der Waals surface area contributed by atoms with Crippen LogP contribution in [0.25, 0.3) is 0 Å². The molecule has 0 bridgehead atoms. The molecule has 0 radical (unpaired) electrons. The van der Waals surface area contributed by atoms with E-state index in [1.165, 1.54) is 0 Å². The van der Waals surface area contributed by atoms with E-state index in [0.29, 0.717) is 6.42 Å². The van der Waals surface area contributed by atoms with Crippen molar-refractivity contribution in [2.75, 3.05) is 27.2 Å². The lowest BCUT2D eigenvalue weighted by Crippen LogP contribution is -3.00. The smallest absolute Gasteiger partial charge is 0.310 e. The summed E-state index contributed by atoms with van der Waals surface area (Å²) in [5.41, 5.74) is 0.954. The third kappa shape index (κ3) is 5.02. The Morgan fingerprint density at radius 2 is 2.05 bits per heavy atom. The number of carbonyl (C=O) groups excluding carboxylic acids is 1. The van der Waals surface area contributed by atoms with Gasteiger partial charge >= 0.3 is 5.97 Å². The van der Waals surface area contributed by atoms with Crippen molar-refractivity contribution >= 4 is 5.97 Å². The molecule has 0 spiro atoms. The van der Waals surface area contributed by atoms with Crippen LogP contribution in [0.1, 0.15) is 18.4 Å². The standard InChI is InChI=1S/C15H21NO3.ClH/c1-16-9-3-4-14(11-16)19-15(17)10-12-5-7-13(18-2)8-6-12;/h5-8,14H,3-4,9-11H2,1-2H3;1H/p-1. The lowest BCUT2D eigenvalue weighted by atomic mass is 10.1. The van der Waals surface area contributed by atoms with Crippen LogP contribution in [0, 0.1) is 0 Å². The highest BCUT2D eigenvalue weighted by Gasteiger charge is 2.20. The molecule has 1 fully saturated rings. The highest BCUT2D eigenvalue weighted by Crippen LogP contribution is 2.15. The van der Waals surface area contributed by atoms with Gasteiger partial charge in [-0.25, -0.2) is 0 Å². The van der Waals surface area contributed by atoms with Crippen LogP contribution in [-0.2, 0) is 16.0 Å². The number of benzene rings is 1. The van der Waals surface area contributed by atoms with Gasteiger partial charge in [0.2, 0.25) is 0 Å². The topological polar surface area (TPSA) is 38.8 Å². The number of likely N-dealkylation sites (N-methyl/N-ethyl adjacent to an activating group) is 1. The van der Waals surface area contributed by atoms with Crippen LogP contribution < -0.4 is 17.1 Å². The molecule has 0 aromatic heterocycles. The van der Waals surface area contributed by atoms with Crippen LogP contribution in [0.5, 0.6) is 5.75 Å². The Bertz CT molecular complexity index is 422. The molecule has 0 aliphatic carbocycles. The Labute approximate surface area is 126 Å². The first kappa shape index (κ1) is 16.8. The maximum atomic E-state index is 11.9. The summed E-state index contributed by atoms with van der Waals surface area (Å²) < 4.78 is 10.6. The minimum atomic E-state index is -0.148. The molecular weight excluding hydrogens is 278 g/mol. The number of piperidine rings is 1. The number of rotatable bonds is 4. The Morgan fingerprint density at radius 1 is 1.35 bits per heavy atom. The number of halogens is 1. The fraction of sp³-hybridized carbons (Fsp3) is 0.533. The van der Waals surface area contributed by atoms with Crippen LogP contribution in [0.4, 0.5) is 0 Å². The fourth-order valence-corrected chi connectivity index (χ4v) is 2.35. The summed E-state index contributed by atoms with van der Waals surface area (Å²) in [6.45, 7) is 1.93. The number of ether oxygens (including phenoxy) is 2. The van der Waals surface area contributed by atoms with Crippen molar-refractivity contribution < 1.29 is 26.7 Å². The summed E-state index contributed by atoms with van der Waals surface area (Å²) in [5.74, 6) is 0.650. The van der Waals surface area contributed by atoms with Gasteiger partial charge in [0.05, 0.1) is 13.5 Å². The van der Waals surface area contributed by atoms with Crippen LogP contribution in [0.2, 0.25) is 0 Å². The average Bonchev–Trinajstić information content (AvgIpc) is 2.39. The molecule has 4 nitrogen and oxygen atoms in total. The van der Waals surface area contributed by atoms with Gasteiger partial charge in [-0.2, -0.15) is 0 Å². The van der Waals surface area contributed by atoms with Crippen molar-refractivity contribution in [1.82, 2.24) is 4.90 Å². The molecule has 0 N–H and O–H groups in total. The van der Waals surface area contributed by atoms with Crippen LogP contribution >= 0.6 is 0 Å². The Balaban J connectivity index is 0.00000200. The van der Waals surface area contributed by atoms with E-state index in [-0.39, 0.29) is 24.5 Å². The zero-order valence-corrected chi connectivity index (χ0v) is 12.7. The second-order valence-corrected chi connectivity index (χ2v) is 5.04. The lowest BCUT2D eigenvalue weighted by molar-refractivity contribution is -0.150. The molecule has 5 heteroatoms. The highest BCUT2D eigenvalue weighted by atomic mass is 35.5. The number of carbonyl (C=O) groups is 1. The minimum absolute atomic E-state index is 0. The molecule has 0 amide bonds. The van der Waals surface area contributed by atoms with E-state index in [4.69, 9.17) is 9.47 Å². The summed E-state index contributed by atoms with van der Waals surface area (Å²) in [7, 11) is 3.69. The van der Waals surface area contributed by atoms with Crippen molar-refractivity contribution in [3.8, 4) is 5.75 Å². The van der Waals surface area contributed by atoms with Crippen molar-refractivity contribution in [1.29, 1.82) is 0 Å². The number of likely N-dealkylation sites (tertiary alicyclic amines) is 1. The van der Waals surface area contributed by atoms with Crippen molar-refractivity contribution in [2.24, 2.45) is 0 Å². The van der Waals surface area contributed by atoms with Gasteiger partial charge in [0, 0.05) is 6.54 Å². The van der Waals surface area contributed by atoms with E-state index < -0.39 is 0 Å². The highest BCUT2D eigenvalue weighted by molar-refractivity contribution is 5.72. The second-order valence-electron chi connectivity index (χ2n) is 5.04.